The lowest BCUT2D eigenvalue weighted by atomic mass is 10.1. The number of nitrogens with one attached hydrogen (secondary N) is 1. The van der Waals surface area contributed by atoms with Crippen LogP contribution in [0.3, 0.4) is 0 Å². The molecule has 2 aromatic carbocycles. The van der Waals surface area contributed by atoms with E-state index in [9.17, 15) is 13.2 Å². The molecule has 0 bridgehead atoms. The molecule has 0 spiro atoms. The number of nitrogens with zero attached hydrogens (tertiary/aromatic N) is 3. The Kier molecular flexibility index (Phi) is 6.19. The van der Waals surface area contributed by atoms with Gasteiger partial charge in [0.25, 0.3) is 0 Å². The summed E-state index contributed by atoms with van der Waals surface area (Å²) in [5.41, 5.74) is 2.13. The van der Waals surface area contributed by atoms with E-state index in [1.807, 2.05) is 31.2 Å². The molecular weight excluding hydrogens is 416 g/mol. The Balaban J connectivity index is 1.66. The number of hydrogen-bond acceptors (Lipinski definition) is 6. The van der Waals surface area contributed by atoms with Gasteiger partial charge < -0.3 is 9.84 Å². The van der Waals surface area contributed by atoms with Gasteiger partial charge in [-0.15, -0.1) is 0 Å². The van der Waals surface area contributed by atoms with E-state index in [1.165, 1.54) is 6.07 Å². The third-order valence-corrected chi connectivity index (χ3v) is 5.47. The average Bonchev–Trinajstić information content (AvgIpc) is 3.14. The quantitative estimate of drug-likeness (QED) is 0.613. The van der Waals surface area contributed by atoms with Gasteiger partial charge in [-0.2, -0.15) is 4.98 Å². The number of carbonyl (C=O) groups excluding carboxylic acids is 1. The monoisotopic (exact) mass is 434 g/mol. The summed E-state index contributed by atoms with van der Waals surface area (Å²) in [7, 11) is -3.72. The number of hydrogen-bond donors (Lipinski definition) is 1. The zero-order valence-corrected chi connectivity index (χ0v) is 17.4. The number of rotatable bonds is 7. The first-order valence-corrected chi connectivity index (χ1v) is 10.9. The molecule has 0 aliphatic carbocycles. The van der Waals surface area contributed by atoms with Crippen LogP contribution in [-0.2, 0) is 21.4 Å². The molecule has 0 saturated heterocycles. The molecule has 0 atom stereocenters. The second kappa shape index (κ2) is 8.62. The van der Waals surface area contributed by atoms with Gasteiger partial charge in [0.15, 0.2) is 0 Å². The Hall–Kier alpha value is -2.91. The molecule has 1 aromatic heterocycles. The predicted octanol–water partition coefficient (Wildman–Crippen LogP) is 2.78. The lowest BCUT2D eigenvalue weighted by Crippen LogP contribution is -2.40. The lowest BCUT2D eigenvalue weighted by molar-refractivity contribution is -0.119. The predicted molar refractivity (Wildman–Crippen MR) is 110 cm³/mol. The topological polar surface area (TPSA) is 105 Å². The van der Waals surface area contributed by atoms with E-state index < -0.39 is 22.5 Å². The fourth-order valence-electron chi connectivity index (χ4n) is 2.54. The van der Waals surface area contributed by atoms with Gasteiger partial charge in [-0.1, -0.05) is 58.7 Å². The van der Waals surface area contributed by atoms with Crippen molar-refractivity contribution >= 4 is 33.2 Å². The molecule has 152 valence electrons. The van der Waals surface area contributed by atoms with Crippen LogP contribution in [0.5, 0.6) is 0 Å². The molecule has 0 fully saturated rings. The Morgan fingerprint density at radius 2 is 1.86 bits per heavy atom. The van der Waals surface area contributed by atoms with Gasteiger partial charge in [0, 0.05) is 5.56 Å². The number of amides is 1. The molecule has 1 amide bonds. The highest BCUT2D eigenvalue weighted by Gasteiger charge is 2.23. The molecule has 8 nitrogen and oxygen atoms in total. The van der Waals surface area contributed by atoms with Crippen molar-refractivity contribution < 1.29 is 17.7 Å². The molecule has 0 radical (unpaired) electrons. The molecule has 3 aromatic rings. The van der Waals surface area contributed by atoms with E-state index in [1.54, 1.807) is 18.2 Å². The molecule has 1 heterocycles. The summed E-state index contributed by atoms with van der Waals surface area (Å²) in [5.74, 6) is 0.0751. The smallest absolute Gasteiger partial charge is 0.246 e. The van der Waals surface area contributed by atoms with Crippen molar-refractivity contribution in [2.75, 3.05) is 17.1 Å². The Bertz CT molecular complexity index is 1110. The number of sulfonamides is 1. The second-order valence-electron chi connectivity index (χ2n) is 6.38. The fourth-order valence-corrected chi connectivity index (χ4v) is 3.70. The van der Waals surface area contributed by atoms with Gasteiger partial charge in [0.05, 0.1) is 23.5 Å². The summed E-state index contributed by atoms with van der Waals surface area (Å²) in [6, 6.07) is 14.0. The van der Waals surface area contributed by atoms with Crippen LogP contribution in [0.2, 0.25) is 5.02 Å². The van der Waals surface area contributed by atoms with Crippen LogP contribution < -0.4 is 9.62 Å². The van der Waals surface area contributed by atoms with E-state index in [0.717, 1.165) is 21.7 Å². The van der Waals surface area contributed by atoms with E-state index >= 15 is 0 Å². The molecule has 3 rings (SSSR count). The number of halogens is 1. The van der Waals surface area contributed by atoms with Crippen molar-refractivity contribution in [2.45, 2.75) is 13.5 Å². The van der Waals surface area contributed by atoms with E-state index in [2.05, 4.69) is 15.5 Å². The first-order chi connectivity index (χ1) is 13.7. The summed E-state index contributed by atoms with van der Waals surface area (Å²) in [6.45, 7) is 1.52. The van der Waals surface area contributed by atoms with Crippen molar-refractivity contribution in [3.05, 3.63) is 65.0 Å². The maximum absolute atomic E-state index is 12.3. The Morgan fingerprint density at radius 3 is 2.52 bits per heavy atom. The van der Waals surface area contributed by atoms with Crippen LogP contribution in [0.25, 0.3) is 11.4 Å². The molecule has 29 heavy (non-hydrogen) atoms. The molecule has 0 unspecified atom stereocenters. The zero-order valence-electron chi connectivity index (χ0n) is 15.8. The number of aryl methyl sites for hydroxylation is 1. The van der Waals surface area contributed by atoms with Gasteiger partial charge in [-0.25, -0.2) is 8.42 Å². The van der Waals surface area contributed by atoms with Gasteiger partial charge >= 0.3 is 0 Å². The van der Waals surface area contributed by atoms with Crippen LogP contribution in [0, 0.1) is 6.92 Å². The average molecular weight is 435 g/mol. The maximum atomic E-state index is 12.3. The van der Waals surface area contributed by atoms with Crippen molar-refractivity contribution in [2.24, 2.45) is 0 Å². The Labute approximate surface area is 173 Å². The van der Waals surface area contributed by atoms with Gasteiger partial charge in [0.2, 0.25) is 27.6 Å². The number of carbonyl (C=O) groups is 1. The SMILES string of the molecule is Cc1ccc(-c2noc(CNC(=O)CN(c3ccccc3Cl)S(C)(=O)=O)n2)cc1. The zero-order chi connectivity index (χ0) is 21.0. The maximum Gasteiger partial charge on any atom is 0.246 e. The number of anilines is 1. The standard InChI is InChI=1S/C19H19ClN4O4S/c1-13-7-9-14(10-8-13)19-22-18(28-23-19)11-21-17(25)12-24(29(2,26)27)16-6-4-3-5-15(16)20/h3-10H,11-12H2,1-2H3,(H,21,25). The summed E-state index contributed by atoms with van der Waals surface area (Å²) in [4.78, 5) is 16.6. The van der Waals surface area contributed by atoms with Crippen molar-refractivity contribution in [3.63, 3.8) is 0 Å². The first-order valence-electron chi connectivity index (χ1n) is 8.62. The van der Waals surface area contributed by atoms with Crippen LogP contribution in [0.4, 0.5) is 5.69 Å². The molecule has 0 aliphatic rings. The minimum absolute atomic E-state index is 0.0299. The van der Waals surface area contributed by atoms with Gasteiger partial charge in [0.1, 0.15) is 6.54 Å². The highest BCUT2D eigenvalue weighted by molar-refractivity contribution is 7.92. The molecule has 0 aliphatic heterocycles. The minimum atomic E-state index is -3.72. The number of benzene rings is 2. The molecule has 0 saturated carbocycles. The molecule has 1 N–H and O–H groups in total. The minimum Gasteiger partial charge on any atom is -0.345 e. The number of aromatic nitrogens is 2. The highest BCUT2D eigenvalue weighted by Crippen LogP contribution is 2.26. The van der Waals surface area contributed by atoms with Gasteiger partial charge in [-0.3, -0.25) is 9.10 Å². The largest absolute Gasteiger partial charge is 0.345 e. The summed E-state index contributed by atoms with van der Waals surface area (Å²) in [5, 5.41) is 6.70. The normalized spacial score (nSPS) is 11.3. The summed E-state index contributed by atoms with van der Waals surface area (Å²) < 4.78 is 30.3. The highest BCUT2D eigenvalue weighted by atomic mass is 35.5. The summed E-state index contributed by atoms with van der Waals surface area (Å²) in [6.07, 6.45) is 1.01. The second-order valence-corrected chi connectivity index (χ2v) is 8.69. The third kappa shape index (κ3) is 5.33. The molecule has 10 heteroatoms. The van der Waals surface area contributed by atoms with Crippen LogP contribution in [0.1, 0.15) is 11.5 Å². The van der Waals surface area contributed by atoms with Crippen molar-refractivity contribution in [1.29, 1.82) is 0 Å². The van der Waals surface area contributed by atoms with Gasteiger partial charge in [-0.05, 0) is 19.1 Å². The van der Waals surface area contributed by atoms with E-state index in [4.69, 9.17) is 16.1 Å². The van der Waals surface area contributed by atoms with Crippen LogP contribution in [0.15, 0.2) is 53.1 Å². The molecular formula is C19H19ClN4O4S. The van der Waals surface area contributed by atoms with E-state index in [0.29, 0.717) is 5.82 Å². The number of para-hydroxylation sites is 1. The Morgan fingerprint density at radius 1 is 1.17 bits per heavy atom. The van der Waals surface area contributed by atoms with Crippen molar-refractivity contribution in [3.8, 4) is 11.4 Å². The van der Waals surface area contributed by atoms with Crippen molar-refractivity contribution in [1.82, 2.24) is 15.5 Å². The lowest BCUT2D eigenvalue weighted by Gasteiger charge is -2.22. The third-order valence-electron chi connectivity index (χ3n) is 4.02. The fraction of sp³-hybridized carbons (Fsp3) is 0.211. The summed E-state index contributed by atoms with van der Waals surface area (Å²) >= 11 is 6.08. The first kappa shape index (κ1) is 20.8. The van der Waals surface area contributed by atoms with Crippen LogP contribution in [-0.4, -0.2) is 37.3 Å². The van der Waals surface area contributed by atoms with Crippen LogP contribution >= 0.6 is 11.6 Å². The van der Waals surface area contributed by atoms with E-state index in [-0.39, 0.29) is 23.1 Å².